The van der Waals surface area contributed by atoms with Gasteiger partial charge < -0.3 is 15.4 Å². The van der Waals surface area contributed by atoms with E-state index in [1.807, 2.05) is 26.0 Å². The number of aromatic nitrogens is 1. The molecule has 0 saturated carbocycles. The molecule has 2 unspecified atom stereocenters. The van der Waals surface area contributed by atoms with E-state index in [-0.39, 0.29) is 17.7 Å². The molecule has 2 aromatic rings. The Morgan fingerprint density at radius 2 is 1.88 bits per heavy atom. The summed E-state index contributed by atoms with van der Waals surface area (Å²) in [5, 5.41) is 5.73. The van der Waals surface area contributed by atoms with Crippen LogP contribution in [0.3, 0.4) is 0 Å². The molecule has 0 saturated heterocycles. The summed E-state index contributed by atoms with van der Waals surface area (Å²) in [7, 11) is 1.55. The number of carbonyl (C=O) groups is 2. The number of ether oxygens (including phenoxy) is 1. The second-order valence-electron chi connectivity index (χ2n) is 6.13. The van der Waals surface area contributed by atoms with Crippen molar-refractivity contribution < 1.29 is 14.3 Å². The van der Waals surface area contributed by atoms with Crippen LogP contribution in [0, 0.1) is 5.92 Å². The number of pyridine rings is 1. The summed E-state index contributed by atoms with van der Waals surface area (Å²) in [4.78, 5) is 29.2. The van der Waals surface area contributed by atoms with Crippen LogP contribution in [-0.2, 0) is 11.3 Å². The van der Waals surface area contributed by atoms with Crippen molar-refractivity contribution in [1.29, 1.82) is 0 Å². The van der Waals surface area contributed by atoms with E-state index in [2.05, 4.69) is 15.6 Å². The van der Waals surface area contributed by atoms with E-state index in [9.17, 15) is 9.59 Å². The maximum atomic E-state index is 12.6. The van der Waals surface area contributed by atoms with E-state index in [0.29, 0.717) is 18.0 Å². The van der Waals surface area contributed by atoms with Crippen molar-refractivity contribution in [2.75, 3.05) is 7.11 Å². The fourth-order valence-corrected chi connectivity index (χ4v) is 2.45. The molecule has 1 aromatic heterocycles. The molecule has 0 aliphatic carbocycles. The van der Waals surface area contributed by atoms with Gasteiger partial charge in [0.15, 0.2) is 0 Å². The van der Waals surface area contributed by atoms with Crippen LogP contribution in [0.2, 0.25) is 0 Å². The van der Waals surface area contributed by atoms with Crippen LogP contribution in [0.5, 0.6) is 5.88 Å². The lowest BCUT2D eigenvalue weighted by atomic mass is 9.97. The molecule has 138 valence electrons. The summed E-state index contributed by atoms with van der Waals surface area (Å²) in [5.41, 5.74) is 1.39. The molecule has 6 heteroatoms. The molecule has 0 aliphatic heterocycles. The van der Waals surface area contributed by atoms with Gasteiger partial charge in [0.25, 0.3) is 5.91 Å². The molecule has 2 atom stereocenters. The van der Waals surface area contributed by atoms with E-state index in [4.69, 9.17) is 4.74 Å². The Kier molecular flexibility index (Phi) is 7.14. The molecule has 0 spiro atoms. The monoisotopic (exact) mass is 355 g/mol. The second-order valence-corrected chi connectivity index (χ2v) is 6.13. The maximum absolute atomic E-state index is 12.6. The van der Waals surface area contributed by atoms with Crippen molar-refractivity contribution >= 4 is 11.8 Å². The number of amides is 2. The fourth-order valence-electron chi connectivity index (χ4n) is 2.45. The molecule has 0 aliphatic rings. The third-order valence-electron chi connectivity index (χ3n) is 4.29. The molecule has 26 heavy (non-hydrogen) atoms. The van der Waals surface area contributed by atoms with Crippen molar-refractivity contribution in [2.24, 2.45) is 5.92 Å². The van der Waals surface area contributed by atoms with Crippen molar-refractivity contribution in [1.82, 2.24) is 15.6 Å². The number of carbonyl (C=O) groups excluding carboxylic acids is 2. The summed E-state index contributed by atoms with van der Waals surface area (Å²) in [6, 6.07) is 11.9. The van der Waals surface area contributed by atoms with Crippen molar-refractivity contribution in [3.05, 3.63) is 59.8 Å². The van der Waals surface area contributed by atoms with Crippen LogP contribution >= 0.6 is 0 Å². The lowest BCUT2D eigenvalue weighted by molar-refractivity contribution is -0.124. The normalized spacial score (nSPS) is 12.7. The van der Waals surface area contributed by atoms with Gasteiger partial charge in [-0.2, -0.15) is 0 Å². The van der Waals surface area contributed by atoms with Crippen molar-refractivity contribution in [3.63, 3.8) is 0 Å². The minimum Gasteiger partial charge on any atom is -0.481 e. The van der Waals surface area contributed by atoms with Gasteiger partial charge in [-0.3, -0.25) is 9.59 Å². The average molecular weight is 355 g/mol. The smallest absolute Gasteiger partial charge is 0.251 e. The quantitative estimate of drug-likeness (QED) is 0.763. The SMILES string of the molecule is CCC(C)C(NC(=O)c1ccccc1)C(=O)NCc1ccc(OC)nc1. The van der Waals surface area contributed by atoms with Gasteiger partial charge in [0.05, 0.1) is 7.11 Å². The minimum absolute atomic E-state index is 0.0108. The van der Waals surface area contributed by atoms with Gasteiger partial charge in [0.1, 0.15) is 6.04 Å². The van der Waals surface area contributed by atoms with Crippen LogP contribution in [-0.4, -0.2) is 29.9 Å². The van der Waals surface area contributed by atoms with Crippen LogP contribution < -0.4 is 15.4 Å². The van der Waals surface area contributed by atoms with Gasteiger partial charge in [-0.05, 0) is 23.6 Å². The minimum atomic E-state index is -0.598. The van der Waals surface area contributed by atoms with Gasteiger partial charge in [-0.25, -0.2) is 4.98 Å². The molecule has 2 amide bonds. The summed E-state index contributed by atoms with van der Waals surface area (Å²) >= 11 is 0. The van der Waals surface area contributed by atoms with Gasteiger partial charge in [0.2, 0.25) is 11.8 Å². The molecule has 0 fully saturated rings. The number of hydrogen-bond donors (Lipinski definition) is 2. The highest BCUT2D eigenvalue weighted by molar-refractivity contribution is 5.97. The number of rotatable bonds is 8. The van der Waals surface area contributed by atoms with Gasteiger partial charge >= 0.3 is 0 Å². The molecular weight excluding hydrogens is 330 g/mol. The Hall–Kier alpha value is -2.89. The number of nitrogens with zero attached hydrogens (tertiary/aromatic N) is 1. The molecule has 2 N–H and O–H groups in total. The van der Waals surface area contributed by atoms with Gasteiger partial charge in [-0.15, -0.1) is 0 Å². The first kappa shape index (κ1) is 19.4. The first-order valence-electron chi connectivity index (χ1n) is 8.67. The zero-order chi connectivity index (χ0) is 18.9. The zero-order valence-corrected chi connectivity index (χ0v) is 15.4. The zero-order valence-electron chi connectivity index (χ0n) is 15.4. The number of hydrogen-bond acceptors (Lipinski definition) is 4. The highest BCUT2D eigenvalue weighted by Gasteiger charge is 2.26. The fraction of sp³-hybridized carbons (Fsp3) is 0.350. The Morgan fingerprint density at radius 1 is 1.15 bits per heavy atom. The van der Waals surface area contributed by atoms with Crippen LogP contribution in [0.1, 0.15) is 36.2 Å². The molecule has 1 heterocycles. The Morgan fingerprint density at radius 3 is 2.46 bits per heavy atom. The van der Waals surface area contributed by atoms with E-state index in [1.54, 1.807) is 43.6 Å². The first-order chi connectivity index (χ1) is 12.5. The van der Waals surface area contributed by atoms with Gasteiger partial charge in [0, 0.05) is 24.4 Å². The third-order valence-corrected chi connectivity index (χ3v) is 4.29. The summed E-state index contributed by atoms with van der Waals surface area (Å²) in [6.45, 7) is 4.28. The third kappa shape index (κ3) is 5.31. The first-order valence-corrected chi connectivity index (χ1v) is 8.67. The standard InChI is InChI=1S/C20H25N3O3/c1-4-14(2)18(23-19(24)16-8-6-5-7-9-16)20(25)22-13-15-10-11-17(26-3)21-12-15/h5-12,14,18H,4,13H2,1-3H3,(H,22,25)(H,23,24). The topological polar surface area (TPSA) is 80.3 Å². The highest BCUT2D eigenvalue weighted by atomic mass is 16.5. The summed E-state index contributed by atoms with van der Waals surface area (Å²) < 4.78 is 5.02. The number of benzene rings is 1. The molecule has 6 nitrogen and oxygen atoms in total. The van der Waals surface area contributed by atoms with Crippen molar-refractivity contribution in [3.8, 4) is 5.88 Å². The highest BCUT2D eigenvalue weighted by Crippen LogP contribution is 2.11. The lowest BCUT2D eigenvalue weighted by Crippen LogP contribution is -2.50. The van der Waals surface area contributed by atoms with Crippen molar-refractivity contribution in [2.45, 2.75) is 32.9 Å². The summed E-state index contributed by atoms with van der Waals surface area (Å²) in [5.74, 6) is 0.0703. The predicted molar refractivity (Wildman–Crippen MR) is 99.8 cm³/mol. The maximum Gasteiger partial charge on any atom is 0.251 e. The van der Waals surface area contributed by atoms with E-state index >= 15 is 0 Å². The van der Waals surface area contributed by atoms with Crippen LogP contribution in [0.15, 0.2) is 48.7 Å². The molecule has 2 rings (SSSR count). The Balaban J connectivity index is 2.00. The van der Waals surface area contributed by atoms with Crippen LogP contribution in [0.25, 0.3) is 0 Å². The average Bonchev–Trinajstić information content (AvgIpc) is 2.70. The second kappa shape index (κ2) is 9.56. The predicted octanol–water partition coefficient (Wildman–Crippen LogP) is 2.55. The number of methoxy groups -OCH3 is 1. The Labute approximate surface area is 154 Å². The van der Waals surface area contributed by atoms with E-state index in [0.717, 1.165) is 12.0 Å². The largest absolute Gasteiger partial charge is 0.481 e. The van der Waals surface area contributed by atoms with Gasteiger partial charge in [-0.1, -0.05) is 44.5 Å². The molecular formula is C20H25N3O3. The number of nitrogens with one attached hydrogen (secondary N) is 2. The molecule has 0 radical (unpaired) electrons. The summed E-state index contributed by atoms with van der Waals surface area (Å²) in [6.07, 6.45) is 2.43. The van der Waals surface area contributed by atoms with E-state index < -0.39 is 6.04 Å². The van der Waals surface area contributed by atoms with E-state index in [1.165, 1.54) is 0 Å². The molecule has 1 aromatic carbocycles. The lowest BCUT2D eigenvalue weighted by Gasteiger charge is -2.23. The van der Waals surface area contributed by atoms with Crippen LogP contribution in [0.4, 0.5) is 0 Å². The molecule has 0 bridgehead atoms. The Bertz CT molecular complexity index is 717.